The van der Waals surface area contributed by atoms with Crippen LogP contribution in [0, 0.1) is 0 Å². The van der Waals surface area contributed by atoms with E-state index in [1.54, 1.807) is 12.1 Å². The number of hydrogen-bond donors (Lipinski definition) is 1. The van der Waals surface area contributed by atoms with Crippen LogP contribution in [0.1, 0.15) is 5.56 Å². The zero-order chi connectivity index (χ0) is 12.3. The first-order valence-electron chi connectivity index (χ1n) is 5.13. The fraction of sp³-hybridized carbons (Fsp3) is 0.0769. The topological polar surface area (TPSA) is 43.1 Å². The SMILES string of the molecule is Nc1cccc(S(=O)Cc2cccc(Br)c2)c1. The number of nitrogen functional groups attached to an aromatic ring is 1. The van der Waals surface area contributed by atoms with Gasteiger partial charge >= 0.3 is 0 Å². The van der Waals surface area contributed by atoms with E-state index < -0.39 is 10.8 Å². The van der Waals surface area contributed by atoms with Crippen molar-refractivity contribution in [3.05, 3.63) is 58.6 Å². The third-order valence-corrected chi connectivity index (χ3v) is 4.18. The molecule has 2 aromatic carbocycles. The molecule has 0 aliphatic carbocycles. The zero-order valence-electron chi connectivity index (χ0n) is 9.10. The van der Waals surface area contributed by atoms with Gasteiger partial charge in [-0.1, -0.05) is 34.1 Å². The van der Waals surface area contributed by atoms with Crippen molar-refractivity contribution in [2.45, 2.75) is 10.6 Å². The monoisotopic (exact) mass is 309 g/mol. The third kappa shape index (κ3) is 3.41. The molecule has 0 radical (unpaired) electrons. The molecule has 2 N–H and O–H groups in total. The Kier molecular flexibility index (Phi) is 3.97. The zero-order valence-corrected chi connectivity index (χ0v) is 11.5. The second kappa shape index (κ2) is 5.47. The van der Waals surface area contributed by atoms with Crippen molar-refractivity contribution in [3.63, 3.8) is 0 Å². The minimum Gasteiger partial charge on any atom is -0.399 e. The van der Waals surface area contributed by atoms with E-state index in [1.165, 1.54) is 0 Å². The minimum absolute atomic E-state index is 0.503. The van der Waals surface area contributed by atoms with Crippen molar-refractivity contribution in [3.8, 4) is 0 Å². The van der Waals surface area contributed by atoms with Gasteiger partial charge in [-0.05, 0) is 35.9 Å². The third-order valence-electron chi connectivity index (χ3n) is 2.31. The van der Waals surface area contributed by atoms with Crippen LogP contribution in [0.5, 0.6) is 0 Å². The molecule has 4 heteroatoms. The van der Waals surface area contributed by atoms with Gasteiger partial charge < -0.3 is 5.73 Å². The van der Waals surface area contributed by atoms with Crippen LogP contribution in [-0.4, -0.2) is 4.21 Å². The lowest BCUT2D eigenvalue weighted by molar-refractivity contribution is 0.682. The van der Waals surface area contributed by atoms with Crippen molar-refractivity contribution in [2.24, 2.45) is 0 Å². The molecular weight excluding hydrogens is 298 g/mol. The molecule has 0 heterocycles. The summed E-state index contributed by atoms with van der Waals surface area (Å²) in [6.45, 7) is 0. The Bertz CT molecular complexity index is 557. The lowest BCUT2D eigenvalue weighted by Crippen LogP contribution is -1.97. The number of hydrogen-bond acceptors (Lipinski definition) is 2. The first kappa shape index (κ1) is 12.3. The van der Waals surface area contributed by atoms with E-state index in [2.05, 4.69) is 15.9 Å². The highest BCUT2D eigenvalue weighted by Gasteiger charge is 2.05. The molecule has 0 spiro atoms. The van der Waals surface area contributed by atoms with Crippen LogP contribution < -0.4 is 5.73 Å². The lowest BCUT2D eigenvalue weighted by Gasteiger charge is -2.04. The Morgan fingerprint density at radius 1 is 1.12 bits per heavy atom. The van der Waals surface area contributed by atoms with Gasteiger partial charge in [0.15, 0.2) is 0 Å². The Labute approximate surface area is 111 Å². The van der Waals surface area contributed by atoms with E-state index >= 15 is 0 Å². The van der Waals surface area contributed by atoms with Crippen molar-refractivity contribution >= 4 is 32.4 Å². The van der Waals surface area contributed by atoms with Gasteiger partial charge in [0.25, 0.3) is 0 Å². The highest BCUT2D eigenvalue weighted by Crippen LogP contribution is 2.17. The molecule has 17 heavy (non-hydrogen) atoms. The van der Waals surface area contributed by atoms with Crippen LogP contribution in [0.3, 0.4) is 0 Å². The standard InChI is InChI=1S/C13H12BrNOS/c14-11-4-1-3-10(7-11)9-17(16)13-6-2-5-12(15)8-13/h1-8H,9,15H2. The summed E-state index contributed by atoms with van der Waals surface area (Å²) in [5.74, 6) is 0.503. The Morgan fingerprint density at radius 3 is 2.59 bits per heavy atom. The summed E-state index contributed by atoms with van der Waals surface area (Å²) >= 11 is 3.40. The van der Waals surface area contributed by atoms with Crippen LogP contribution in [0.25, 0.3) is 0 Å². The van der Waals surface area contributed by atoms with Gasteiger partial charge in [-0.15, -0.1) is 0 Å². The molecule has 1 atom stereocenters. The summed E-state index contributed by atoms with van der Waals surface area (Å²) in [5, 5.41) is 0. The molecule has 0 fully saturated rings. The molecule has 0 saturated heterocycles. The predicted octanol–water partition coefficient (Wildman–Crippen LogP) is 3.34. The second-order valence-electron chi connectivity index (χ2n) is 3.69. The average molecular weight is 310 g/mol. The van der Waals surface area contributed by atoms with Crippen LogP contribution in [-0.2, 0) is 16.6 Å². The Hall–Kier alpha value is -1.13. The molecule has 0 bridgehead atoms. The van der Waals surface area contributed by atoms with E-state index in [0.29, 0.717) is 11.4 Å². The fourth-order valence-corrected chi connectivity index (χ4v) is 3.11. The largest absolute Gasteiger partial charge is 0.399 e. The Balaban J connectivity index is 2.17. The molecule has 0 aliphatic rings. The summed E-state index contributed by atoms with van der Waals surface area (Å²) in [6, 6.07) is 15.0. The smallest absolute Gasteiger partial charge is 0.0574 e. The molecule has 2 aromatic rings. The van der Waals surface area contributed by atoms with Gasteiger partial charge in [-0.25, -0.2) is 0 Å². The van der Waals surface area contributed by atoms with Gasteiger partial charge in [-0.3, -0.25) is 4.21 Å². The lowest BCUT2D eigenvalue weighted by atomic mass is 10.2. The summed E-state index contributed by atoms with van der Waals surface area (Å²) < 4.78 is 13.1. The highest BCUT2D eigenvalue weighted by molar-refractivity contribution is 9.10. The van der Waals surface area contributed by atoms with Crippen LogP contribution in [0.4, 0.5) is 5.69 Å². The maximum Gasteiger partial charge on any atom is 0.0574 e. The molecule has 88 valence electrons. The summed E-state index contributed by atoms with van der Waals surface area (Å²) in [5.41, 5.74) is 7.36. The summed E-state index contributed by atoms with van der Waals surface area (Å²) in [4.78, 5) is 0.768. The van der Waals surface area contributed by atoms with Crippen molar-refractivity contribution in [1.82, 2.24) is 0 Å². The van der Waals surface area contributed by atoms with Crippen molar-refractivity contribution in [1.29, 1.82) is 0 Å². The minimum atomic E-state index is -1.05. The normalized spacial score (nSPS) is 12.3. The van der Waals surface area contributed by atoms with E-state index in [4.69, 9.17) is 5.73 Å². The molecule has 2 rings (SSSR count). The summed E-state index contributed by atoms with van der Waals surface area (Å²) in [7, 11) is -1.05. The van der Waals surface area contributed by atoms with Crippen LogP contribution >= 0.6 is 15.9 Å². The molecule has 0 amide bonds. The second-order valence-corrected chi connectivity index (χ2v) is 6.06. The molecular formula is C13H12BrNOS. The number of anilines is 1. The van der Waals surface area contributed by atoms with E-state index in [-0.39, 0.29) is 0 Å². The molecule has 0 saturated carbocycles. The number of rotatable bonds is 3. The first-order chi connectivity index (χ1) is 8.15. The quantitative estimate of drug-likeness (QED) is 0.884. The molecule has 0 aliphatic heterocycles. The molecule has 1 unspecified atom stereocenters. The maximum atomic E-state index is 12.1. The van der Waals surface area contributed by atoms with Gasteiger partial charge in [0.1, 0.15) is 0 Å². The highest BCUT2D eigenvalue weighted by atomic mass is 79.9. The first-order valence-corrected chi connectivity index (χ1v) is 7.25. The fourth-order valence-electron chi connectivity index (χ4n) is 1.52. The average Bonchev–Trinajstić information content (AvgIpc) is 2.29. The van der Waals surface area contributed by atoms with Crippen LogP contribution in [0.2, 0.25) is 0 Å². The van der Waals surface area contributed by atoms with Gasteiger partial charge in [0.05, 0.1) is 16.6 Å². The number of benzene rings is 2. The Morgan fingerprint density at radius 2 is 1.88 bits per heavy atom. The molecule has 2 nitrogen and oxygen atoms in total. The predicted molar refractivity (Wildman–Crippen MR) is 75.1 cm³/mol. The molecule has 0 aromatic heterocycles. The van der Waals surface area contributed by atoms with Gasteiger partial charge in [-0.2, -0.15) is 0 Å². The van der Waals surface area contributed by atoms with Gasteiger partial charge in [0.2, 0.25) is 0 Å². The van der Waals surface area contributed by atoms with Crippen LogP contribution in [0.15, 0.2) is 57.9 Å². The number of nitrogens with two attached hydrogens (primary N) is 1. The maximum absolute atomic E-state index is 12.1. The van der Waals surface area contributed by atoms with E-state index in [0.717, 1.165) is 14.9 Å². The van der Waals surface area contributed by atoms with Crippen molar-refractivity contribution in [2.75, 3.05) is 5.73 Å². The van der Waals surface area contributed by atoms with E-state index in [9.17, 15) is 4.21 Å². The van der Waals surface area contributed by atoms with E-state index in [1.807, 2.05) is 36.4 Å². The van der Waals surface area contributed by atoms with Crippen molar-refractivity contribution < 1.29 is 4.21 Å². The van der Waals surface area contributed by atoms with Gasteiger partial charge in [0, 0.05) is 15.1 Å². The summed E-state index contributed by atoms with van der Waals surface area (Å²) in [6.07, 6.45) is 0. The number of halogens is 1.